The van der Waals surface area contributed by atoms with Crippen molar-refractivity contribution in [1.29, 1.82) is 0 Å². The second kappa shape index (κ2) is 10.5. The zero-order chi connectivity index (χ0) is 27.8. The number of allylic oxidation sites excluding steroid dienone is 1. The van der Waals surface area contributed by atoms with E-state index in [1.54, 1.807) is 39.3 Å². The Kier molecular flexibility index (Phi) is 7.14. The zero-order valence-corrected chi connectivity index (χ0v) is 23.3. The van der Waals surface area contributed by atoms with Gasteiger partial charge in [0.05, 0.1) is 43.4 Å². The number of carbonyl (C=O) groups is 2. The third-order valence-electron chi connectivity index (χ3n) is 6.88. The number of aromatic nitrogens is 1. The lowest BCUT2D eigenvalue weighted by Gasteiger charge is -2.27. The smallest absolute Gasteiger partial charge is 0.338 e. The maximum absolute atomic E-state index is 14.3. The molecule has 1 atom stereocenters. The topological polar surface area (TPSA) is 99.4 Å². The molecule has 0 bridgehead atoms. The first-order chi connectivity index (χ1) is 18.9. The first-order valence-corrected chi connectivity index (χ1v) is 13.5. The highest BCUT2D eigenvalue weighted by molar-refractivity contribution is 7.07. The molecule has 39 heavy (non-hydrogen) atoms. The second-order valence-electron chi connectivity index (χ2n) is 9.10. The average Bonchev–Trinajstić information content (AvgIpc) is 3.39. The minimum absolute atomic E-state index is 0.163. The van der Waals surface area contributed by atoms with Crippen molar-refractivity contribution in [1.82, 2.24) is 4.57 Å². The lowest BCUT2D eigenvalue weighted by atomic mass is 9.93. The molecule has 5 rings (SSSR count). The standard InChI is InChI=1S/C29H29N3O6S/c1-6-10-19-23(28(35)38-7-2)24(18-15-16(36-4)13-14-21(18)37-5)32-27(34)25(39-29(32)30-19)22-17-11-8-9-12-20(17)31(3)26(22)33/h8-9,11-15,24H,6-7,10H2,1-5H3/b25-22+/t24-/m0/s1. The number of thiazole rings is 1. The van der Waals surface area contributed by atoms with Gasteiger partial charge in [0, 0.05) is 18.2 Å². The molecule has 2 aliphatic rings. The van der Waals surface area contributed by atoms with E-state index in [4.69, 9.17) is 19.2 Å². The van der Waals surface area contributed by atoms with Gasteiger partial charge in [0.1, 0.15) is 22.1 Å². The Bertz CT molecular complexity index is 1700. The van der Waals surface area contributed by atoms with Crippen LogP contribution in [0.15, 0.2) is 63.5 Å². The summed E-state index contributed by atoms with van der Waals surface area (Å²) in [6, 6.07) is 11.7. The van der Waals surface area contributed by atoms with Crippen LogP contribution in [-0.2, 0) is 14.3 Å². The molecule has 0 aliphatic carbocycles. The van der Waals surface area contributed by atoms with Gasteiger partial charge in [-0.05, 0) is 37.6 Å². The summed E-state index contributed by atoms with van der Waals surface area (Å²) in [6.45, 7) is 3.89. The summed E-state index contributed by atoms with van der Waals surface area (Å²) < 4.78 is 18.4. The Balaban J connectivity index is 1.90. The molecule has 2 aromatic carbocycles. The van der Waals surface area contributed by atoms with Crippen molar-refractivity contribution in [3.05, 3.63) is 84.5 Å². The molecule has 1 aromatic heterocycles. The van der Waals surface area contributed by atoms with Crippen LogP contribution in [0.3, 0.4) is 0 Å². The van der Waals surface area contributed by atoms with Crippen molar-refractivity contribution >= 4 is 34.5 Å². The van der Waals surface area contributed by atoms with E-state index in [2.05, 4.69) is 0 Å². The van der Waals surface area contributed by atoms with Gasteiger partial charge in [-0.2, -0.15) is 0 Å². The molecule has 2 aliphatic heterocycles. The van der Waals surface area contributed by atoms with Crippen molar-refractivity contribution < 1.29 is 23.8 Å². The number of hydrogen-bond donors (Lipinski definition) is 0. The summed E-state index contributed by atoms with van der Waals surface area (Å²) in [7, 11) is 4.76. The van der Waals surface area contributed by atoms with Crippen LogP contribution in [0.2, 0.25) is 0 Å². The van der Waals surface area contributed by atoms with Crippen molar-refractivity contribution in [3.63, 3.8) is 0 Å². The minimum atomic E-state index is -0.897. The van der Waals surface area contributed by atoms with Crippen LogP contribution in [-0.4, -0.2) is 44.3 Å². The largest absolute Gasteiger partial charge is 0.497 e. The Hall–Kier alpha value is -4.18. The molecule has 0 saturated heterocycles. The van der Waals surface area contributed by atoms with Gasteiger partial charge in [-0.3, -0.25) is 14.2 Å². The molecule has 9 nitrogen and oxygen atoms in total. The van der Waals surface area contributed by atoms with Crippen LogP contribution < -0.4 is 29.3 Å². The molecule has 0 radical (unpaired) electrons. The van der Waals surface area contributed by atoms with Crippen LogP contribution >= 0.6 is 11.3 Å². The number of carbonyl (C=O) groups excluding carboxylic acids is 2. The van der Waals surface area contributed by atoms with E-state index < -0.39 is 17.6 Å². The van der Waals surface area contributed by atoms with Crippen LogP contribution in [0.1, 0.15) is 43.9 Å². The number of benzene rings is 2. The van der Waals surface area contributed by atoms with E-state index in [9.17, 15) is 14.4 Å². The Morgan fingerprint density at radius 1 is 1.08 bits per heavy atom. The molecule has 0 unspecified atom stereocenters. The number of ether oxygens (including phenoxy) is 3. The minimum Gasteiger partial charge on any atom is -0.497 e. The number of anilines is 1. The third-order valence-corrected chi connectivity index (χ3v) is 7.93. The summed E-state index contributed by atoms with van der Waals surface area (Å²) in [5.41, 5.74) is 2.68. The normalized spacial score (nSPS) is 17.5. The number of rotatable bonds is 7. The van der Waals surface area contributed by atoms with E-state index >= 15 is 0 Å². The molecular formula is C29H29N3O6S. The maximum atomic E-state index is 14.3. The average molecular weight is 548 g/mol. The van der Waals surface area contributed by atoms with Crippen LogP contribution in [0.4, 0.5) is 5.69 Å². The van der Waals surface area contributed by atoms with Gasteiger partial charge in [-0.15, -0.1) is 0 Å². The van der Waals surface area contributed by atoms with Crippen LogP contribution in [0.25, 0.3) is 5.57 Å². The molecule has 3 aromatic rings. The molecule has 202 valence electrons. The van der Waals surface area contributed by atoms with Crippen molar-refractivity contribution in [3.8, 4) is 11.5 Å². The zero-order valence-electron chi connectivity index (χ0n) is 22.4. The third kappa shape index (κ3) is 4.24. The lowest BCUT2D eigenvalue weighted by molar-refractivity contribution is -0.139. The lowest BCUT2D eigenvalue weighted by Crippen LogP contribution is -2.41. The fourth-order valence-corrected chi connectivity index (χ4v) is 6.22. The summed E-state index contributed by atoms with van der Waals surface area (Å²) in [5, 5.41) is 0. The van der Waals surface area contributed by atoms with Gasteiger partial charge in [-0.1, -0.05) is 42.9 Å². The summed E-state index contributed by atoms with van der Waals surface area (Å²) in [4.78, 5) is 47.9. The van der Waals surface area contributed by atoms with E-state index in [1.165, 1.54) is 16.6 Å². The number of esters is 1. The van der Waals surface area contributed by atoms with Crippen LogP contribution in [0, 0.1) is 0 Å². The number of likely N-dealkylation sites (N-methyl/N-ethyl adjacent to an activating group) is 1. The predicted molar refractivity (Wildman–Crippen MR) is 148 cm³/mol. The van der Waals surface area contributed by atoms with E-state index in [-0.39, 0.29) is 22.6 Å². The highest BCUT2D eigenvalue weighted by atomic mass is 32.1. The van der Waals surface area contributed by atoms with Crippen molar-refractivity contribution in [2.45, 2.75) is 32.7 Å². The van der Waals surface area contributed by atoms with Gasteiger partial charge < -0.3 is 19.1 Å². The molecule has 10 heteroatoms. The fourth-order valence-electron chi connectivity index (χ4n) is 5.11. The molecule has 3 heterocycles. The first kappa shape index (κ1) is 26.4. The molecule has 1 amide bonds. The number of fused-ring (bicyclic) bond motifs is 2. The highest BCUT2D eigenvalue weighted by Crippen LogP contribution is 2.39. The van der Waals surface area contributed by atoms with Crippen LogP contribution in [0.5, 0.6) is 11.5 Å². The van der Waals surface area contributed by atoms with Gasteiger partial charge in [0.25, 0.3) is 11.5 Å². The second-order valence-corrected chi connectivity index (χ2v) is 10.1. The van der Waals surface area contributed by atoms with Gasteiger partial charge >= 0.3 is 5.97 Å². The summed E-state index contributed by atoms with van der Waals surface area (Å²) >= 11 is 1.15. The Morgan fingerprint density at radius 2 is 1.85 bits per heavy atom. The number of amides is 1. The highest BCUT2D eigenvalue weighted by Gasteiger charge is 2.38. The van der Waals surface area contributed by atoms with Crippen molar-refractivity contribution in [2.75, 3.05) is 32.8 Å². The predicted octanol–water partition coefficient (Wildman–Crippen LogP) is 2.94. The summed E-state index contributed by atoms with van der Waals surface area (Å²) in [5.74, 6) is 0.185. The number of nitrogens with zero attached hydrogens (tertiary/aromatic N) is 3. The molecule has 0 fully saturated rings. The fraction of sp³-hybridized carbons (Fsp3) is 0.310. The van der Waals surface area contributed by atoms with E-state index in [1.807, 2.05) is 31.2 Å². The Labute approximate surface area is 229 Å². The molecule has 0 N–H and O–H groups in total. The Morgan fingerprint density at radius 3 is 2.54 bits per heavy atom. The van der Waals surface area contributed by atoms with Gasteiger partial charge in [0.2, 0.25) is 0 Å². The van der Waals surface area contributed by atoms with E-state index in [0.717, 1.165) is 23.4 Å². The van der Waals surface area contributed by atoms with Gasteiger partial charge in [-0.25, -0.2) is 9.79 Å². The number of methoxy groups -OCH3 is 2. The molecule has 0 spiro atoms. The number of para-hydroxylation sites is 1. The molecular weight excluding hydrogens is 518 g/mol. The van der Waals surface area contributed by atoms with Gasteiger partial charge in [0.15, 0.2) is 4.80 Å². The number of hydrogen-bond acceptors (Lipinski definition) is 8. The monoisotopic (exact) mass is 547 g/mol. The molecule has 0 saturated carbocycles. The summed E-state index contributed by atoms with van der Waals surface area (Å²) in [6.07, 6.45) is 1.22. The quantitative estimate of drug-likeness (QED) is 0.422. The van der Waals surface area contributed by atoms with Crippen molar-refractivity contribution in [2.24, 2.45) is 4.99 Å². The SMILES string of the molecule is CCCC1=C(C(=O)OCC)[C@H](c2cc(OC)ccc2OC)n2c(s/c(=C3/C(=O)N(C)c4ccccc43)c2=O)=N1. The van der Waals surface area contributed by atoms with E-state index in [0.29, 0.717) is 45.1 Å². The maximum Gasteiger partial charge on any atom is 0.338 e. The first-order valence-electron chi connectivity index (χ1n) is 12.7.